The predicted octanol–water partition coefficient (Wildman–Crippen LogP) is 8.98. The molecule has 0 heterocycles. The third kappa shape index (κ3) is 4.64. The molecular weight excluding hydrogens is 336 g/mol. The highest BCUT2D eigenvalue weighted by Crippen LogP contribution is 2.40. The zero-order valence-electron chi connectivity index (χ0n) is 20.3. The third-order valence-corrected chi connectivity index (χ3v) is 8.40. The standard InChI is InChI=1S/C28H44/c1-17(13-11-15-27-23(7)19(3)20(4)24(27)8)18(2)14-12-16-28-25(9)21(5)22(6)26(28)10/h11,13,17-18,23,25H,12,14-16H2,1-10H3/b13-11+. The molecule has 4 atom stereocenters. The molecule has 0 amide bonds. The zero-order chi connectivity index (χ0) is 21.2. The molecule has 0 aromatic heterocycles. The molecule has 0 saturated carbocycles. The topological polar surface area (TPSA) is 0 Å². The maximum atomic E-state index is 2.47. The monoisotopic (exact) mass is 380 g/mol. The van der Waals surface area contributed by atoms with Gasteiger partial charge in [0.05, 0.1) is 0 Å². The summed E-state index contributed by atoms with van der Waals surface area (Å²) in [6.07, 6.45) is 9.94. The van der Waals surface area contributed by atoms with E-state index in [1.54, 1.807) is 27.9 Å². The van der Waals surface area contributed by atoms with Gasteiger partial charge in [-0.1, -0.05) is 62.1 Å². The van der Waals surface area contributed by atoms with Gasteiger partial charge in [-0.2, -0.15) is 0 Å². The number of hydrogen-bond donors (Lipinski definition) is 0. The van der Waals surface area contributed by atoms with Crippen molar-refractivity contribution < 1.29 is 0 Å². The highest BCUT2D eigenvalue weighted by Gasteiger charge is 2.24. The quantitative estimate of drug-likeness (QED) is 0.368. The molecule has 2 rings (SSSR count). The summed E-state index contributed by atoms with van der Waals surface area (Å²) in [6.45, 7) is 23.4. The van der Waals surface area contributed by atoms with Crippen LogP contribution < -0.4 is 0 Å². The molecule has 0 saturated heterocycles. The highest BCUT2D eigenvalue weighted by molar-refractivity contribution is 5.47. The highest BCUT2D eigenvalue weighted by atomic mass is 14.3. The van der Waals surface area contributed by atoms with Crippen molar-refractivity contribution >= 4 is 0 Å². The zero-order valence-corrected chi connectivity index (χ0v) is 20.3. The van der Waals surface area contributed by atoms with Gasteiger partial charge >= 0.3 is 0 Å². The lowest BCUT2D eigenvalue weighted by atomic mass is 9.87. The van der Waals surface area contributed by atoms with E-state index in [0.29, 0.717) is 17.8 Å². The minimum atomic E-state index is 0.628. The van der Waals surface area contributed by atoms with Crippen LogP contribution in [0, 0.1) is 23.7 Å². The first-order chi connectivity index (χ1) is 13.1. The molecule has 156 valence electrons. The Bertz CT molecular complexity index is 747. The molecule has 0 aliphatic heterocycles. The lowest BCUT2D eigenvalue weighted by molar-refractivity contribution is 0.413. The fourth-order valence-electron chi connectivity index (χ4n) is 5.11. The second-order valence-corrected chi connectivity index (χ2v) is 9.72. The van der Waals surface area contributed by atoms with Crippen molar-refractivity contribution in [2.24, 2.45) is 23.7 Å². The molecule has 2 aliphatic carbocycles. The molecule has 0 radical (unpaired) electrons. The van der Waals surface area contributed by atoms with Gasteiger partial charge in [0.15, 0.2) is 0 Å². The van der Waals surface area contributed by atoms with Gasteiger partial charge in [0.2, 0.25) is 0 Å². The van der Waals surface area contributed by atoms with Crippen LogP contribution in [0.25, 0.3) is 0 Å². The summed E-state index contributed by atoms with van der Waals surface area (Å²) in [5.74, 6) is 2.70. The molecule has 0 aromatic rings. The first-order valence-corrected chi connectivity index (χ1v) is 11.5. The van der Waals surface area contributed by atoms with Crippen LogP contribution in [0.1, 0.15) is 94.9 Å². The Kier molecular flexibility index (Phi) is 7.77. The predicted molar refractivity (Wildman–Crippen MR) is 126 cm³/mol. The van der Waals surface area contributed by atoms with Crippen LogP contribution in [0.5, 0.6) is 0 Å². The van der Waals surface area contributed by atoms with Crippen LogP contribution in [0.3, 0.4) is 0 Å². The lowest BCUT2D eigenvalue weighted by Crippen LogP contribution is -2.06. The van der Waals surface area contributed by atoms with Crippen LogP contribution in [0.2, 0.25) is 0 Å². The van der Waals surface area contributed by atoms with Crippen LogP contribution in [0.4, 0.5) is 0 Å². The van der Waals surface area contributed by atoms with Crippen molar-refractivity contribution in [3.05, 3.63) is 56.7 Å². The lowest BCUT2D eigenvalue weighted by Gasteiger charge is -2.18. The van der Waals surface area contributed by atoms with Crippen molar-refractivity contribution in [3.8, 4) is 0 Å². The van der Waals surface area contributed by atoms with Gasteiger partial charge < -0.3 is 0 Å². The normalized spacial score (nSPS) is 25.8. The number of allylic oxidation sites excluding steroid dienone is 10. The molecule has 4 unspecified atom stereocenters. The van der Waals surface area contributed by atoms with Crippen LogP contribution in [-0.2, 0) is 0 Å². The largest absolute Gasteiger partial charge is 0.0851 e. The Balaban J connectivity index is 1.81. The summed E-state index contributed by atoms with van der Waals surface area (Å²) in [6, 6.07) is 0. The molecule has 0 spiro atoms. The maximum absolute atomic E-state index is 2.47. The van der Waals surface area contributed by atoms with Gasteiger partial charge in [0, 0.05) is 0 Å². The first-order valence-electron chi connectivity index (χ1n) is 11.5. The van der Waals surface area contributed by atoms with Gasteiger partial charge in [-0.25, -0.2) is 0 Å². The molecule has 0 bridgehead atoms. The van der Waals surface area contributed by atoms with Gasteiger partial charge in [-0.05, 0) is 113 Å². The Morgan fingerprint density at radius 2 is 1.25 bits per heavy atom. The van der Waals surface area contributed by atoms with E-state index in [1.807, 2.05) is 0 Å². The van der Waals surface area contributed by atoms with E-state index in [2.05, 4.69) is 81.4 Å². The third-order valence-electron chi connectivity index (χ3n) is 8.40. The number of rotatable bonds is 8. The van der Waals surface area contributed by atoms with Crippen LogP contribution in [0.15, 0.2) is 56.7 Å². The smallest absolute Gasteiger partial charge is 0.000945 e. The molecule has 0 aromatic carbocycles. The Labute approximate surface area is 175 Å². The molecular formula is C28H44. The summed E-state index contributed by atoms with van der Waals surface area (Å²) in [5, 5.41) is 0. The van der Waals surface area contributed by atoms with Crippen LogP contribution >= 0.6 is 0 Å². The molecule has 0 N–H and O–H groups in total. The molecule has 2 aliphatic rings. The van der Waals surface area contributed by atoms with E-state index in [1.165, 1.54) is 36.0 Å². The van der Waals surface area contributed by atoms with Crippen molar-refractivity contribution in [2.75, 3.05) is 0 Å². The Hall–Kier alpha value is -1.30. The first kappa shape index (κ1) is 23.0. The van der Waals surface area contributed by atoms with Crippen molar-refractivity contribution in [1.29, 1.82) is 0 Å². The Morgan fingerprint density at radius 1 is 0.750 bits per heavy atom. The minimum absolute atomic E-state index is 0.628. The molecule has 0 fully saturated rings. The SMILES string of the molecule is CC1=C(C)C(C)C(C/C=C/C(C)C(C)CCCC2=C(C)C(C)=C(C)C2C)=C1C. The molecule has 0 heteroatoms. The Morgan fingerprint density at radius 3 is 1.71 bits per heavy atom. The van der Waals surface area contributed by atoms with Crippen molar-refractivity contribution in [3.63, 3.8) is 0 Å². The fourth-order valence-corrected chi connectivity index (χ4v) is 5.11. The minimum Gasteiger partial charge on any atom is -0.0851 e. The van der Waals surface area contributed by atoms with Crippen molar-refractivity contribution in [1.82, 2.24) is 0 Å². The maximum Gasteiger partial charge on any atom is -0.000945 e. The second-order valence-electron chi connectivity index (χ2n) is 9.72. The van der Waals surface area contributed by atoms with E-state index in [4.69, 9.17) is 0 Å². The van der Waals surface area contributed by atoms with E-state index >= 15 is 0 Å². The summed E-state index contributed by atoms with van der Waals surface area (Å²) in [5.41, 5.74) is 12.6. The fraction of sp³-hybridized carbons (Fsp3) is 0.643. The average Bonchev–Trinajstić information content (AvgIpc) is 2.97. The van der Waals surface area contributed by atoms with E-state index < -0.39 is 0 Å². The average molecular weight is 381 g/mol. The number of hydrogen-bond acceptors (Lipinski definition) is 0. The van der Waals surface area contributed by atoms with E-state index in [9.17, 15) is 0 Å². The van der Waals surface area contributed by atoms with Gasteiger partial charge in [0.1, 0.15) is 0 Å². The van der Waals surface area contributed by atoms with Gasteiger partial charge in [-0.3, -0.25) is 0 Å². The molecule has 0 nitrogen and oxygen atoms in total. The summed E-state index contributed by atoms with van der Waals surface area (Å²) in [7, 11) is 0. The van der Waals surface area contributed by atoms with Gasteiger partial charge in [-0.15, -0.1) is 0 Å². The summed E-state index contributed by atoms with van der Waals surface area (Å²) < 4.78 is 0. The van der Waals surface area contributed by atoms with E-state index in [0.717, 1.165) is 12.3 Å². The molecule has 28 heavy (non-hydrogen) atoms. The van der Waals surface area contributed by atoms with Crippen molar-refractivity contribution in [2.45, 2.75) is 94.9 Å². The summed E-state index contributed by atoms with van der Waals surface area (Å²) >= 11 is 0. The van der Waals surface area contributed by atoms with Crippen LogP contribution in [-0.4, -0.2) is 0 Å². The second kappa shape index (κ2) is 9.47. The summed E-state index contributed by atoms with van der Waals surface area (Å²) in [4.78, 5) is 0. The van der Waals surface area contributed by atoms with E-state index in [-0.39, 0.29) is 0 Å². The van der Waals surface area contributed by atoms with Gasteiger partial charge in [0.25, 0.3) is 0 Å².